The monoisotopic (exact) mass is 1360 g/mol. The average molecular weight is 1360 g/mol. The van der Waals surface area contributed by atoms with Crippen LogP contribution >= 0.6 is 31.3 Å². The average Bonchev–Trinajstić information content (AvgIpc) is 1.64. The molecule has 0 spiro atoms. The molecule has 91 heavy (non-hydrogen) atoms. The second-order valence-electron chi connectivity index (χ2n) is 20.4. The first kappa shape index (κ1) is 64.3. The minimum Gasteiger partial charge on any atom is -0.756 e. The number of rotatable bonds is 4. The number of phosphoric acid groups is 4. The van der Waals surface area contributed by atoms with Gasteiger partial charge in [0.15, 0.2) is 64.4 Å². The molecule has 6 aliphatic heterocycles. The molecule has 0 aliphatic carbocycles. The lowest BCUT2D eigenvalue weighted by Gasteiger charge is -2.31. The van der Waals surface area contributed by atoms with Gasteiger partial charge in [0.1, 0.15) is 90.6 Å². The van der Waals surface area contributed by atoms with Crippen molar-refractivity contribution in [1.82, 2.24) is 73.1 Å². The number of H-pyrrole nitrogens is 2. The Kier molecular flexibility index (Phi) is 16.9. The SMILES string of the molecule is C.Nc1nc2c(ncn2[C@@H]2O[C@@H]3COP(=O)([O-])O[C@@H]4[C@H](O)[C@@H](COP(=O)(O)O[C@@H]2[C@@H]3O)O[C@H]4n2cnc3c(N)ncnc32)c(=O)[nH]1.Nc1nc2c(ncn2[C@@H]2O[C@@H]3COP(=O)([O-])O[C@H]4[C@@H](O)[C@H](n5cnc6c(N)ccnc65)O[C@@H]4COP(=O)(O)O[C@@H]2[C@@H]3O)c(=O)[nH]1. The first-order valence-corrected chi connectivity index (χ1v) is 31.9. The summed E-state index contributed by atoms with van der Waals surface area (Å²) in [5.41, 5.74) is 22.0. The number of imidazole rings is 4. The molecule has 20 atom stereocenters. The molecule has 0 aromatic carbocycles. The first-order valence-electron chi connectivity index (χ1n) is 26.0. The van der Waals surface area contributed by atoms with Gasteiger partial charge in [0.2, 0.25) is 11.9 Å². The van der Waals surface area contributed by atoms with Gasteiger partial charge in [-0.3, -0.25) is 65.1 Å². The molecule has 8 aromatic rings. The topological polar surface area (TPSA) is 652 Å². The summed E-state index contributed by atoms with van der Waals surface area (Å²) in [6, 6.07) is 1.50. The summed E-state index contributed by atoms with van der Waals surface area (Å²) < 4.78 is 121. The van der Waals surface area contributed by atoms with E-state index in [9.17, 15) is 67.8 Å². The molecule has 0 saturated carbocycles. The summed E-state index contributed by atoms with van der Waals surface area (Å²) >= 11 is 0. The highest BCUT2D eigenvalue weighted by Gasteiger charge is 2.55. The van der Waals surface area contributed by atoms with Crippen LogP contribution in [0, 0.1) is 0 Å². The van der Waals surface area contributed by atoms with Crippen molar-refractivity contribution >= 4 is 99.3 Å². The summed E-state index contributed by atoms with van der Waals surface area (Å²) in [7, 11) is -20.9. The number of nitrogens with two attached hydrogens (primary N) is 4. The van der Waals surface area contributed by atoms with Gasteiger partial charge in [-0.1, -0.05) is 7.43 Å². The fraction of sp³-hybridized carbons (Fsp3) is 0.500. The molecule has 4 unspecified atom stereocenters. The van der Waals surface area contributed by atoms with Crippen molar-refractivity contribution in [3.8, 4) is 0 Å². The van der Waals surface area contributed by atoms with Gasteiger partial charge in [0.25, 0.3) is 26.8 Å². The number of nitrogens with one attached hydrogen (secondary N) is 2. The molecule has 6 fully saturated rings. The number of fused-ring (bicyclic) bond motifs is 11. The second kappa shape index (κ2) is 23.9. The molecule has 0 radical (unpaired) electrons. The van der Waals surface area contributed by atoms with Crippen LogP contribution in [0.5, 0.6) is 0 Å². The molecule has 0 amide bonds. The summed E-state index contributed by atoms with van der Waals surface area (Å²) in [5, 5.41) is 44.1. The molecular weight excluding hydrogens is 1310 g/mol. The van der Waals surface area contributed by atoms with E-state index in [-0.39, 0.29) is 75.5 Å². The van der Waals surface area contributed by atoms with E-state index >= 15 is 0 Å². The standard InChI is InChI=1S/C21H25N9O13P2.C20H24N10O13P2.CH4/c22-7-1-2-24-16-10(7)25-5-29(16)19-13(32)14-9(41-19)4-39-45(36,37)43-15-12(31)8(3-38-44(34,35)42-14)40-20(15)30-6-26-11-17(30)27-21(23)28-18(11)33;21-14-8-15(24-3-23-14)29(4-25-8)18-12-10(31)6(40-18)1-38-45(36,37)43-13-11(32)7(2-39-44(34,35)42-12)41-19(13)30-5-26-9-16(30)27-20(22)28-17(9)33;/h1-2,5-6,8-9,12-15,19-20,31-32H,3-4H2,(H2,22,24)(H,34,35)(H,36,37)(H3,23,27,28,33);3-7,10-13,18-19,31-32H,1-2H2,(H,34,35)(H,36,37)(H2,21,23,24)(H3,22,27,28,33);1H4/p-2/t8-,9-,12-,13-,14-,15-,19-,20-;6-,7-,10-,11-,12-,13-,18-,19-;/m11./s1. The van der Waals surface area contributed by atoms with E-state index in [1.54, 1.807) is 0 Å². The van der Waals surface area contributed by atoms with Gasteiger partial charge in [-0.05, 0) is 6.07 Å². The maximum Gasteiger partial charge on any atom is 0.472 e. The quantitative estimate of drug-likeness (QED) is 0.0737. The number of aliphatic hydroxyl groups is 4. The molecule has 492 valence electrons. The van der Waals surface area contributed by atoms with Gasteiger partial charge in [-0.25, -0.2) is 44.0 Å². The number of aliphatic hydroxyl groups excluding tert-OH is 4. The van der Waals surface area contributed by atoms with Crippen LogP contribution in [-0.2, 0) is 73.4 Å². The van der Waals surface area contributed by atoms with Crippen molar-refractivity contribution in [3.05, 3.63) is 64.6 Å². The van der Waals surface area contributed by atoms with Gasteiger partial charge in [0, 0.05) is 6.20 Å². The number of phosphoric ester groups is 4. The molecule has 49 heteroatoms. The van der Waals surface area contributed by atoms with Gasteiger partial charge < -0.3 is 100.0 Å². The van der Waals surface area contributed by atoms with Gasteiger partial charge in [0.05, 0.1) is 57.4 Å². The summed E-state index contributed by atoms with van der Waals surface area (Å²) in [6.45, 7) is -3.45. The Labute approximate surface area is 504 Å². The third-order valence-corrected chi connectivity index (χ3v) is 18.6. The third-order valence-electron chi connectivity index (χ3n) is 14.7. The molecule has 6 aliphatic rings. The minimum atomic E-state index is -5.32. The van der Waals surface area contributed by atoms with Crippen molar-refractivity contribution < 1.29 is 113 Å². The Morgan fingerprint density at radius 1 is 0.484 bits per heavy atom. The highest BCUT2D eigenvalue weighted by Crippen LogP contribution is 2.55. The van der Waals surface area contributed by atoms with Crippen LogP contribution < -0.4 is 43.8 Å². The normalized spacial score (nSPS) is 37.3. The van der Waals surface area contributed by atoms with E-state index in [2.05, 4.69) is 54.8 Å². The van der Waals surface area contributed by atoms with Crippen molar-refractivity contribution in [2.24, 2.45) is 0 Å². The molecule has 8 aromatic heterocycles. The number of pyridine rings is 1. The zero-order chi connectivity index (χ0) is 63.7. The minimum absolute atomic E-state index is 0. The lowest BCUT2D eigenvalue weighted by Crippen LogP contribution is -2.38. The Bertz CT molecular complexity index is 4420. The smallest absolute Gasteiger partial charge is 0.472 e. The van der Waals surface area contributed by atoms with Crippen LogP contribution in [0.1, 0.15) is 32.3 Å². The second-order valence-corrected chi connectivity index (χ2v) is 25.9. The fourth-order valence-electron chi connectivity index (χ4n) is 10.6. The van der Waals surface area contributed by atoms with E-state index in [4.69, 9.17) is 78.1 Å². The predicted octanol–water partition coefficient (Wildman–Crippen LogP) is -4.71. The summed E-state index contributed by atoms with van der Waals surface area (Å²) in [6.07, 6.45) is -18.8. The van der Waals surface area contributed by atoms with Crippen LogP contribution in [0.15, 0.2) is 53.5 Å². The van der Waals surface area contributed by atoms with Crippen LogP contribution in [0.25, 0.3) is 44.7 Å². The zero-order valence-electron chi connectivity index (χ0n) is 44.9. The van der Waals surface area contributed by atoms with Crippen LogP contribution in [0.3, 0.4) is 0 Å². The number of ether oxygens (including phenoxy) is 4. The van der Waals surface area contributed by atoms with E-state index < -0.39 is 167 Å². The van der Waals surface area contributed by atoms with E-state index in [0.29, 0.717) is 0 Å². The fourth-order valence-corrected chi connectivity index (χ4v) is 14.4. The molecule has 45 nitrogen and oxygen atoms in total. The maximum absolute atomic E-state index is 13.2. The van der Waals surface area contributed by atoms with E-state index in [0.717, 1.165) is 28.1 Å². The van der Waals surface area contributed by atoms with Gasteiger partial charge >= 0.3 is 15.6 Å². The maximum atomic E-state index is 13.2. The summed E-state index contributed by atoms with van der Waals surface area (Å²) in [5.74, 6) is -0.580. The molecule has 16 N–H and O–H groups in total. The molecule has 14 rings (SSSR count). The van der Waals surface area contributed by atoms with E-state index in [1.807, 2.05) is 0 Å². The highest BCUT2D eigenvalue weighted by atomic mass is 31.2. The Hall–Kier alpha value is -6.81. The Morgan fingerprint density at radius 3 is 1.38 bits per heavy atom. The molecule has 6 bridgehead atoms. The number of hydrogen-bond acceptors (Lipinski definition) is 37. The van der Waals surface area contributed by atoms with Crippen molar-refractivity contribution in [2.45, 2.75) is 106 Å². The van der Waals surface area contributed by atoms with Crippen molar-refractivity contribution in [3.63, 3.8) is 0 Å². The largest absolute Gasteiger partial charge is 0.756 e. The lowest BCUT2D eigenvalue weighted by molar-refractivity contribution is -0.238. The number of anilines is 4. The Balaban J connectivity index is 0.000000174. The van der Waals surface area contributed by atoms with Gasteiger partial charge in [-0.15, -0.1) is 0 Å². The van der Waals surface area contributed by atoms with Crippen LogP contribution in [0.4, 0.5) is 23.4 Å². The number of nitrogen functional groups attached to an aromatic ring is 4. The summed E-state index contributed by atoms with van der Waals surface area (Å²) in [4.78, 5) is 113. The van der Waals surface area contributed by atoms with Crippen molar-refractivity contribution in [1.29, 1.82) is 0 Å². The zero-order valence-corrected chi connectivity index (χ0v) is 48.4. The third kappa shape index (κ3) is 12.1. The number of aromatic nitrogens is 15. The van der Waals surface area contributed by atoms with Crippen molar-refractivity contribution in [2.75, 3.05) is 49.4 Å². The number of aromatic amines is 2. The number of hydrogen-bond donors (Lipinski definition) is 12. The lowest BCUT2D eigenvalue weighted by atomic mass is 10.1. The Morgan fingerprint density at radius 2 is 0.879 bits per heavy atom. The molecular formula is C42H51N19O26P4-2. The van der Waals surface area contributed by atoms with Gasteiger partial charge in [-0.2, -0.15) is 9.97 Å². The molecule has 6 saturated heterocycles. The van der Waals surface area contributed by atoms with Crippen LogP contribution in [-0.4, -0.2) is 203 Å². The highest BCUT2D eigenvalue weighted by molar-refractivity contribution is 7.47. The van der Waals surface area contributed by atoms with E-state index in [1.165, 1.54) is 34.1 Å². The van der Waals surface area contributed by atoms with Crippen LogP contribution in [0.2, 0.25) is 0 Å². The molecule has 14 heterocycles. The number of nitrogens with zero attached hydrogens (tertiary/aromatic N) is 13. The predicted molar refractivity (Wildman–Crippen MR) is 291 cm³/mol. The first-order chi connectivity index (χ1) is 42.6.